The fraction of sp³-hybridized carbons (Fsp3) is 0.273. The van der Waals surface area contributed by atoms with E-state index in [2.05, 4.69) is 44.4 Å². The number of hydrogen-bond donors (Lipinski definition) is 0. The molecule has 2 aromatic rings. The van der Waals surface area contributed by atoms with E-state index in [0.717, 1.165) is 17.9 Å². The maximum atomic E-state index is 7.08. The predicted molar refractivity (Wildman–Crippen MR) is 113 cm³/mol. The normalized spacial score (nSPS) is 19.7. The molecule has 26 heavy (non-hydrogen) atoms. The molecule has 0 aliphatic heterocycles. The van der Waals surface area contributed by atoms with Crippen LogP contribution in [-0.4, -0.2) is 0 Å². The summed E-state index contributed by atoms with van der Waals surface area (Å²) in [6, 6.07) is 20.0. The topological polar surface area (TPSA) is 18.5 Å². The van der Waals surface area contributed by atoms with Crippen LogP contribution in [0.4, 0.5) is 0 Å². The summed E-state index contributed by atoms with van der Waals surface area (Å²) < 4.78 is 15.4. The van der Waals surface area contributed by atoms with Gasteiger partial charge in [-0.05, 0) is 0 Å². The summed E-state index contributed by atoms with van der Waals surface area (Å²) in [5.41, 5.74) is 0. The van der Waals surface area contributed by atoms with Crippen LogP contribution in [0.1, 0.15) is 6.42 Å². The molecule has 0 amide bonds. The summed E-state index contributed by atoms with van der Waals surface area (Å²) in [6.45, 7) is 0. The van der Waals surface area contributed by atoms with Crippen LogP contribution in [0.15, 0.2) is 82.8 Å². The van der Waals surface area contributed by atoms with Crippen molar-refractivity contribution in [1.29, 1.82) is 0 Å². The number of rotatable bonds is 5. The van der Waals surface area contributed by atoms with Crippen LogP contribution >= 0.6 is 12.4 Å². The molecule has 3 rings (SSSR count). The first-order valence-electron chi connectivity index (χ1n) is 9.11. The zero-order valence-electron chi connectivity index (χ0n) is 16.4. The Morgan fingerprint density at radius 1 is 0.692 bits per heavy atom. The van der Waals surface area contributed by atoms with Crippen molar-refractivity contribution in [3.63, 3.8) is 0 Å². The third-order valence-electron chi connectivity index (χ3n) is 5.57. The van der Waals surface area contributed by atoms with Gasteiger partial charge in [-0.15, -0.1) is 12.4 Å². The predicted octanol–water partition coefficient (Wildman–Crippen LogP) is 7.78. The summed E-state index contributed by atoms with van der Waals surface area (Å²) >= 11 is -5.60. The van der Waals surface area contributed by atoms with Gasteiger partial charge in [-0.2, -0.15) is 0 Å². The molecule has 0 N–H and O–H groups in total. The monoisotopic (exact) mass is 410 g/mol. The molecular formula is C22H31ClO2Ti. The van der Waals surface area contributed by atoms with E-state index in [1.807, 2.05) is 60.7 Å². The van der Waals surface area contributed by atoms with Gasteiger partial charge >= 0.3 is 146 Å². The van der Waals surface area contributed by atoms with E-state index in [4.69, 9.17) is 6.64 Å². The van der Waals surface area contributed by atoms with Gasteiger partial charge < -0.3 is 0 Å². The van der Waals surface area contributed by atoms with Crippen LogP contribution in [0.25, 0.3) is 0 Å². The average molecular weight is 411 g/mol. The van der Waals surface area contributed by atoms with Crippen LogP contribution in [0.5, 0.6) is 11.5 Å². The van der Waals surface area contributed by atoms with Crippen molar-refractivity contribution in [2.45, 2.75) is 32.6 Å². The molecule has 0 aromatic heterocycles. The Kier molecular flexibility index (Phi) is 3.60. The molecule has 1 aliphatic carbocycles. The second-order valence-electron chi connectivity index (χ2n) is 12.7. The zero-order valence-corrected chi connectivity index (χ0v) is 18.8. The average Bonchev–Trinajstić information content (AvgIpc) is 3.03. The van der Waals surface area contributed by atoms with E-state index in [1.165, 1.54) is 3.88 Å². The van der Waals surface area contributed by atoms with Crippen molar-refractivity contribution in [1.82, 2.24) is 0 Å². The maximum absolute atomic E-state index is 7.08. The summed E-state index contributed by atoms with van der Waals surface area (Å²) in [4.78, 5) is 0. The molecule has 0 bridgehead atoms. The van der Waals surface area contributed by atoms with Gasteiger partial charge in [0.15, 0.2) is 0 Å². The molecule has 0 saturated heterocycles. The molecule has 0 radical (unpaired) electrons. The first kappa shape index (κ1) is 20.8. The van der Waals surface area contributed by atoms with E-state index in [9.17, 15) is 0 Å². The SMILES string of the molecule is Cl.[CH3][Ti]([CH3])([CH3])([CH3])([CH3])([O]c1ccccc1)([O]c1ccccc1)[C]1=CC=CC1. The van der Waals surface area contributed by atoms with Crippen molar-refractivity contribution < 1.29 is 18.9 Å². The van der Waals surface area contributed by atoms with Gasteiger partial charge in [0, 0.05) is 0 Å². The van der Waals surface area contributed by atoms with Gasteiger partial charge in [-0.1, -0.05) is 0 Å². The first-order chi connectivity index (χ1) is 11.2. The molecule has 0 fully saturated rings. The van der Waals surface area contributed by atoms with Crippen LogP contribution in [0.3, 0.4) is 0 Å². The number of allylic oxidation sites excluding steroid dienone is 4. The number of halogens is 1. The molecule has 142 valence electrons. The van der Waals surface area contributed by atoms with Crippen molar-refractivity contribution in [2.75, 3.05) is 0 Å². The molecular weight excluding hydrogens is 380 g/mol. The van der Waals surface area contributed by atoms with Crippen LogP contribution in [0.2, 0.25) is 26.1 Å². The van der Waals surface area contributed by atoms with Gasteiger partial charge in [-0.3, -0.25) is 0 Å². The fourth-order valence-corrected chi connectivity index (χ4v) is 13.0. The Morgan fingerprint density at radius 3 is 1.46 bits per heavy atom. The summed E-state index contributed by atoms with van der Waals surface area (Å²) in [6.07, 6.45) is 7.27. The summed E-state index contributed by atoms with van der Waals surface area (Å²) in [5, 5.41) is 11.1. The first-order valence-corrected chi connectivity index (χ1v) is 19.0. The second kappa shape index (κ2) is 4.50. The second-order valence-corrected chi connectivity index (χ2v) is 41.2. The number of benzene rings is 2. The third kappa shape index (κ3) is 3.64. The Labute approximate surface area is 157 Å². The molecule has 0 spiro atoms. The molecule has 0 atom stereocenters. The van der Waals surface area contributed by atoms with E-state index in [-0.39, 0.29) is 12.4 Å². The summed E-state index contributed by atoms with van der Waals surface area (Å²) in [7, 11) is 0. The van der Waals surface area contributed by atoms with Gasteiger partial charge in [0.25, 0.3) is 0 Å². The van der Waals surface area contributed by atoms with Crippen LogP contribution < -0.4 is 6.64 Å². The molecule has 0 heterocycles. The van der Waals surface area contributed by atoms with Crippen molar-refractivity contribution in [2.24, 2.45) is 0 Å². The Bertz CT molecular complexity index is 870. The van der Waals surface area contributed by atoms with E-state index < -0.39 is 12.2 Å². The molecule has 0 unspecified atom stereocenters. The van der Waals surface area contributed by atoms with E-state index in [0.29, 0.717) is 0 Å². The molecule has 4 heteroatoms. The fourth-order valence-electron chi connectivity index (χ4n) is 4.05. The van der Waals surface area contributed by atoms with Crippen LogP contribution in [-0.2, 0) is 12.2 Å². The quantitative estimate of drug-likeness (QED) is 0.468. The van der Waals surface area contributed by atoms with Gasteiger partial charge in [-0.25, -0.2) is 0 Å². The van der Waals surface area contributed by atoms with E-state index in [1.54, 1.807) is 0 Å². The Balaban J connectivity index is 0.00000243. The van der Waals surface area contributed by atoms with E-state index >= 15 is 0 Å². The molecule has 2 aromatic carbocycles. The van der Waals surface area contributed by atoms with Crippen molar-refractivity contribution in [3.8, 4) is 11.5 Å². The number of para-hydroxylation sites is 2. The minimum atomic E-state index is -5.60. The van der Waals surface area contributed by atoms with Crippen LogP contribution in [0, 0.1) is 0 Å². The summed E-state index contributed by atoms with van der Waals surface area (Å²) in [5.74, 6) is 1.65. The van der Waals surface area contributed by atoms with Crippen molar-refractivity contribution >= 4 is 12.4 Å². The zero-order chi connectivity index (χ0) is 18.4. The minimum absolute atomic E-state index is 0. The third-order valence-corrected chi connectivity index (χ3v) is 16.5. The Morgan fingerprint density at radius 2 is 1.12 bits per heavy atom. The number of hydrogen-bond acceptors (Lipinski definition) is 2. The van der Waals surface area contributed by atoms with Gasteiger partial charge in [0.05, 0.1) is 0 Å². The molecule has 0 saturated carbocycles. The molecule has 2 nitrogen and oxygen atoms in total. The van der Waals surface area contributed by atoms with Gasteiger partial charge in [0.1, 0.15) is 0 Å². The van der Waals surface area contributed by atoms with Gasteiger partial charge in [0.2, 0.25) is 0 Å². The standard InChI is InChI=1S/2C6H6O.C5H5.5CH3.ClH.Ti/c2*7-6-4-2-1-3-5-6;1-2-4-5-3-1;;;;;;;/h2*1-5,7H;1-3H,4H2;5*1H3;1H;/q;;;;;;;;;+2/p-2. The van der Waals surface area contributed by atoms with Crippen molar-refractivity contribution in [3.05, 3.63) is 82.8 Å². The molecule has 1 aliphatic rings. The Hall–Kier alpha value is -1.48.